The third-order valence-corrected chi connectivity index (χ3v) is 3.62. The molecular formula is C18H16BrNO5. The predicted octanol–water partition coefficient (Wildman–Crippen LogP) is 3.42. The van der Waals surface area contributed by atoms with Crippen molar-refractivity contribution in [1.29, 1.82) is 0 Å². The summed E-state index contributed by atoms with van der Waals surface area (Å²) in [6, 6.07) is 12.8. The minimum absolute atomic E-state index is 0.293. The summed E-state index contributed by atoms with van der Waals surface area (Å²) in [4.78, 5) is 35.2. The molecule has 2 aromatic carbocycles. The Labute approximate surface area is 153 Å². The maximum atomic E-state index is 11.8. The first-order chi connectivity index (χ1) is 12.0. The molecule has 7 heteroatoms. The molecule has 0 saturated heterocycles. The average Bonchev–Trinajstić information content (AvgIpc) is 2.61. The highest BCUT2D eigenvalue weighted by Crippen LogP contribution is 2.12. The number of carbonyl (C=O) groups excluding carboxylic acids is 3. The fourth-order valence-corrected chi connectivity index (χ4v) is 2.17. The first-order valence-electron chi connectivity index (χ1n) is 7.49. The normalized spacial score (nSPS) is 10.0. The number of hydrogen-bond acceptors (Lipinski definition) is 5. The molecule has 130 valence electrons. The molecule has 0 radical (unpaired) electrons. The molecule has 0 heterocycles. The summed E-state index contributed by atoms with van der Waals surface area (Å²) >= 11 is 3.27. The molecule has 0 aliphatic carbocycles. The minimum atomic E-state index is -0.583. The summed E-state index contributed by atoms with van der Waals surface area (Å²) in [7, 11) is 0. The molecule has 0 saturated carbocycles. The van der Waals surface area contributed by atoms with Gasteiger partial charge in [0.15, 0.2) is 6.61 Å². The molecule has 0 atom stereocenters. The number of hydrogen-bond donors (Lipinski definition) is 1. The molecular weight excluding hydrogens is 390 g/mol. The van der Waals surface area contributed by atoms with Gasteiger partial charge in [-0.2, -0.15) is 0 Å². The summed E-state index contributed by atoms with van der Waals surface area (Å²) in [5, 5.41) is 2.58. The van der Waals surface area contributed by atoms with Crippen LogP contribution < -0.4 is 5.32 Å². The highest BCUT2D eigenvalue weighted by molar-refractivity contribution is 9.10. The molecule has 2 aromatic rings. The lowest BCUT2D eigenvalue weighted by molar-refractivity contribution is -0.119. The highest BCUT2D eigenvalue weighted by atomic mass is 79.9. The van der Waals surface area contributed by atoms with Crippen LogP contribution in [0.15, 0.2) is 53.0 Å². The lowest BCUT2D eigenvalue weighted by atomic mass is 10.2. The van der Waals surface area contributed by atoms with E-state index in [1.54, 1.807) is 55.5 Å². The van der Waals surface area contributed by atoms with Crippen molar-refractivity contribution >= 4 is 39.5 Å². The average molecular weight is 406 g/mol. The maximum absolute atomic E-state index is 11.8. The Morgan fingerprint density at radius 2 is 1.40 bits per heavy atom. The Kier molecular flexibility index (Phi) is 6.71. The van der Waals surface area contributed by atoms with E-state index >= 15 is 0 Å². The first-order valence-corrected chi connectivity index (χ1v) is 8.28. The van der Waals surface area contributed by atoms with Gasteiger partial charge in [0, 0.05) is 10.2 Å². The third kappa shape index (κ3) is 5.72. The fourth-order valence-electron chi connectivity index (χ4n) is 1.90. The van der Waals surface area contributed by atoms with Crippen LogP contribution in [0, 0.1) is 0 Å². The number of esters is 2. The summed E-state index contributed by atoms with van der Waals surface area (Å²) in [5.74, 6) is -1.49. The number of benzene rings is 2. The molecule has 25 heavy (non-hydrogen) atoms. The maximum Gasteiger partial charge on any atom is 0.338 e. The summed E-state index contributed by atoms with van der Waals surface area (Å²) in [6.45, 7) is 1.61. The Hall–Kier alpha value is -2.67. The van der Waals surface area contributed by atoms with Gasteiger partial charge in [0.2, 0.25) is 0 Å². The Balaban J connectivity index is 1.84. The topological polar surface area (TPSA) is 81.7 Å². The van der Waals surface area contributed by atoms with Gasteiger partial charge < -0.3 is 14.8 Å². The van der Waals surface area contributed by atoms with E-state index in [4.69, 9.17) is 9.47 Å². The van der Waals surface area contributed by atoms with Gasteiger partial charge in [0.1, 0.15) is 0 Å². The highest BCUT2D eigenvalue weighted by Gasteiger charge is 2.11. The van der Waals surface area contributed by atoms with Gasteiger partial charge >= 0.3 is 11.9 Å². The van der Waals surface area contributed by atoms with E-state index in [2.05, 4.69) is 21.2 Å². The van der Waals surface area contributed by atoms with Crippen molar-refractivity contribution in [2.75, 3.05) is 18.5 Å². The molecule has 0 aromatic heterocycles. The van der Waals surface area contributed by atoms with E-state index in [1.807, 2.05) is 0 Å². The second kappa shape index (κ2) is 8.98. The number of ether oxygens (including phenoxy) is 2. The van der Waals surface area contributed by atoms with Gasteiger partial charge in [0.25, 0.3) is 5.91 Å². The standard InChI is InChI=1S/C18H16BrNO5/c1-2-24-17(22)13-5-9-15(10-6-13)20-16(21)11-25-18(23)12-3-7-14(19)8-4-12/h3-10H,2,11H2,1H3,(H,20,21). The Bertz CT molecular complexity index is 756. The molecule has 0 fully saturated rings. The number of anilines is 1. The quantitative estimate of drug-likeness (QED) is 0.744. The SMILES string of the molecule is CCOC(=O)c1ccc(NC(=O)COC(=O)c2ccc(Br)cc2)cc1. The van der Waals surface area contributed by atoms with E-state index in [1.165, 1.54) is 0 Å². The molecule has 0 unspecified atom stereocenters. The van der Waals surface area contributed by atoms with Crippen LogP contribution in [0.2, 0.25) is 0 Å². The minimum Gasteiger partial charge on any atom is -0.462 e. The number of nitrogens with one attached hydrogen (secondary N) is 1. The lowest BCUT2D eigenvalue weighted by Crippen LogP contribution is -2.21. The number of amides is 1. The number of carbonyl (C=O) groups is 3. The van der Waals surface area contributed by atoms with Gasteiger partial charge in [-0.3, -0.25) is 4.79 Å². The zero-order valence-electron chi connectivity index (χ0n) is 13.5. The van der Waals surface area contributed by atoms with Crippen LogP contribution in [0.3, 0.4) is 0 Å². The van der Waals surface area contributed by atoms with Crippen molar-refractivity contribution < 1.29 is 23.9 Å². The fraction of sp³-hybridized carbons (Fsp3) is 0.167. The summed E-state index contributed by atoms with van der Waals surface area (Å²) in [6.07, 6.45) is 0. The van der Waals surface area contributed by atoms with E-state index in [-0.39, 0.29) is 0 Å². The molecule has 1 amide bonds. The first kappa shape index (κ1) is 18.7. The van der Waals surface area contributed by atoms with Crippen molar-refractivity contribution in [2.24, 2.45) is 0 Å². The lowest BCUT2D eigenvalue weighted by Gasteiger charge is -2.07. The van der Waals surface area contributed by atoms with E-state index in [0.29, 0.717) is 23.4 Å². The predicted molar refractivity (Wildman–Crippen MR) is 95.5 cm³/mol. The molecule has 0 bridgehead atoms. The second-order valence-corrected chi connectivity index (χ2v) is 5.84. The van der Waals surface area contributed by atoms with Gasteiger partial charge in [-0.05, 0) is 55.5 Å². The molecule has 6 nitrogen and oxygen atoms in total. The number of rotatable bonds is 6. The zero-order valence-corrected chi connectivity index (χ0v) is 15.0. The van der Waals surface area contributed by atoms with Crippen LogP contribution in [-0.4, -0.2) is 31.1 Å². The Morgan fingerprint density at radius 1 is 0.880 bits per heavy atom. The van der Waals surface area contributed by atoms with Crippen LogP contribution in [0.4, 0.5) is 5.69 Å². The number of halogens is 1. The van der Waals surface area contributed by atoms with Crippen LogP contribution >= 0.6 is 15.9 Å². The van der Waals surface area contributed by atoms with E-state index < -0.39 is 24.5 Å². The molecule has 2 rings (SSSR count). The van der Waals surface area contributed by atoms with Crippen LogP contribution in [0.1, 0.15) is 27.6 Å². The van der Waals surface area contributed by atoms with E-state index in [0.717, 1.165) is 4.47 Å². The van der Waals surface area contributed by atoms with Crippen LogP contribution in [0.25, 0.3) is 0 Å². The molecule has 0 aliphatic rings. The van der Waals surface area contributed by atoms with E-state index in [9.17, 15) is 14.4 Å². The van der Waals surface area contributed by atoms with Crippen molar-refractivity contribution in [1.82, 2.24) is 0 Å². The van der Waals surface area contributed by atoms with Gasteiger partial charge in [-0.15, -0.1) is 0 Å². The van der Waals surface area contributed by atoms with Gasteiger partial charge in [0.05, 0.1) is 17.7 Å². The third-order valence-electron chi connectivity index (χ3n) is 3.09. The summed E-state index contributed by atoms with van der Waals surface area (Å²) < 4.78 is 10.7. The largest absolute Gasteiger partial charge is 0.462 e. The summed E-state index contributed by atoms with van der Waals surface area (Å²) in [5.41, 5.74) is 1.23. The van der Waals surface area contributed by atoms with Gasteiger partial charge in [-0.25, -0.2) is 9.59 Å². The Morgan fingerprint density at radius 3 is 1.96 bits per heavy atom. The molecule has 0 aliphatic heterocycles. The smallest absolute Gasteiger partial charge is 0.338 e. The van der Waals surface area contributed by atoms with Crippen molar-refractivity contribution in [3.8, 4) is 0 Å². The van der Waals surface area contributed by atoms with Crippen molar-refractivity contribution in [2.45, 2.75) is 6.92 Å². The van der Waals surface area contributed by atoms with Crippen molar-refractivity contribution in [3.05, 3.63) is 64.1 Å². The molecule has 0 spiro atoms. The monoisotopic (exact) mass is 405 g/mol. The molecule has 1 N–H and O–H groups in total. The van der Waals surface area contributed by atoms with Crippen LogP contribution in [-0.2, 0) is 14.3 Å². The van der Waals surface area contributed by atoms with Gasteiger partial charge in [-0.1, -0.05) is 15.9 Å². The zero-order chi connectivity index (χ0) is 18.2. The van der Waals surface area contributed by atoms with Crippen LogP contribution in [0.5, 0.6) is 0 Å². The second-order valence-electron chi connectivity index (χ2n) is 4.93. The van der Waals surface area contributed by atoms with Crippen molar-refractivity contribution in [3.63, 3.8) is 0 Å².